The molecule has 1 aromatic rings. The number of hydrogen-bond donors (Lipinski definition) is 2. The minimum absolute atomic E-state index is 0.00461. The van der Waals surface area contributed by atoms with Crippen molar-refractivity contribution >= 4 is 46.3 Å². The van der Waals surface area contributed by atoms with Gasteiger partial charge in [-0.3, -0.25) is 24.0 Å². The first-order valence-corrected chi connectivity index (χ1v) is 16.6. The number of rotatable bonds is 9. The van der Waals surface area contributed by atoms with E-state index in [4.69, 9.17) is 23.8 Å². The number of nitrogens with one attached hydrogen (secondary N) is 1. The molecule has 4 aliphatic heterocycles. The maximum Gasteiger partial charge on any atom is 0.327 e. The van der Waals surface area contributed by atoms with Crippen molar-refractivity contribution in [1.29, 1.82) is 0 Å². The third-order valence-electron chi connectivity index (χ3n) is 9.25. The van der Waals surface area contributed by atoms with Crippen molar-refractivity contribution < 1.29 is 48.1 Å². The zero-order valence-corrected chi connectivity index (χ0v) is 27.8. The lowest BCUT2D eigenvalue weighted by atomic mass is 9.62. The van der Waals surface area contributed by atoms with E-state index in [1.54, 1.807) is 30.7 Å². The Morgan fingerprint density at radius 2 is 1.96 bits per heavy atom. The fourth-order valence-electron chi connectivity index (χ4n) is 7.35. The monoisotopic (exact) mass is 741 g/mol. The predicted molar refractivity (Wildman–Crippen MR) is 164 cm³/mol. The van der Waals surface area contributed by atoms with Crippen LogP contribution in [-0.2, 0) is 49.5 Å². The summed E-state index contributed by atoms with van der Waals surface area (Å²) in [6, 6.07) is 5.17. The van der Waals surface area contributed by atoms with Crippen molar-refractivity contribution in [3.05, 3.63) is 33.4 Å². The molecule has 14 heteroatoms. The summed E-state index contributed by atoms with van der Waals surface area (Å²) in [4.78, 5) is 62.4. The molecule has 6 rings (SSSR count). The molecule has 0 spiro atoms. The second-order valence-electron chi connectivity index (χ2n) is 13.4. The van der Waals surface area contributed by atoms with Crippen molar-refractivity contribution in [3.63, 3.8) is 0 Å². The lowest BCUT2D eigenvalue weighted by Gasteiger charge is -2.50. The van der Waals surface area contributed by atoms with E-state index in [9.17, 15) is 24.3 Å². The summed E-state index contributed by atoms with van der Waals surface area (Å²) >= 11 is 2.23. The summed E-state index contributed by atoms with van der Waals surface area (Å²) < 4.78 is 24.0. The molecule has 2 bridgehead atoms. The molecule has 246 valence electrons. The summed E-state index contributed by atoms with van der Waals surface area (Å²) in [5.74, 6) is -1.77. The average molecular weight is 742 g/mol. The van der Waals surface area contributed by atoms with E-state index in [-0.39, 0.29) is 45.1 Å². The Bertz CT molecular complexity index is 1340. The van der Waals surface area contributed by atoms with Crippen molar-refractivity contribution in [2.45, 2.75) is 108 Å². The van der Waals surface area contributed by atoms with Gasteiger partial charge in [0.05, 0.1) is 19.2 Å². The van der Waals surface area contributed by atoms with Crippen LogP contribution in [0.3, 0.4) is 0 Å². The summed E-state index contributed by atoms with van der Waals surface area (Å²) in [6.07, 6.45) is -1.33. The molecule has 45 heavy (non-hydrogen) atoms. The summed E-state index contributed by atoms with van der Waals surface area (Å²) in [7, 11) is 0. The number of halogens is 1. The van der Waals surface area contributed by atoms with Gasteiger partial charge in [0.25, 0.3) is 0 Å². The van der Waals surface area contributed by atoms with Crippen molar-refractivity contribution in [2.75, 3.05) is 19.9 Å². The Hall–Kier alpha value is -2.37. The van der Waals surface area contributed by atoms with E-state index in [2.05, 4.69) is 27.9 Å². The highest BCUT2D eigenvalue weighted by atomic mass is 127. The SMILES string of the molecule is CC(C)(C)OC(=O)CC[C@@H](CO)NC(=O)[C@H]1CCCN1C(=O)[C@@]12C[C@H]3OC(=O)[C@@H]1N(Cc1ccccc1I)O[C@@H]2[C@H]1OCO[C@H]13. The topological polar surface area (TPSA) is 153 Å². The third-order valence-corrected chi connectivity index (χ3v) is 10.3. The number of nitrogens with zero attached hydrogens (tertiary/aromatic N) is 2. The van der Waals surface area contributed by atoms with Crippen molar-refractivity contribution in [1.82, 2.24) is 15.3 Å². The summed E-state index contributed by atoms with van der Waals surface area (Å²) in [6.45, 7) is 5.49. The number of carbonyl (C=O) groups excluding carboxylic acids is 4. The third kappa shape index (κ3) is 6.09. The summed E-state index contributed by atoms with van der Waals surface area (Å²) in [5, 5.41) is 14.4. The smallest absolute Gasteiger partial charge is 0.327 e. The van der Waals surface area contributed by atoms with E-state index in [1.165, 1.54) is 0 Å². The normalized spacial score (nSPS) is 33.0. The van der Waals surface area contributed by atoms with Crippen LogP contribution < -0.4 is 5.32 Å². The van der Waals surface area contributed by atoms with E-state index in [0.717, 1.165) is 9.13 Å². The largest absolute Gasteiger partial charge is 0.460 e. The molecule has 5 fully saturated rings. The highest BCUT2D eigenvalue weighted by Crippen LogP contribution is 2.56. The first-order chi connectivity index (χ1) is 21.4. The molecule has 0 radical (unpaired) electrons. The highest BCUT2D eigenvalue weighted by molar-refractivity contribution is 14.1. The quantitative estimate of drug-likeness (QED) is 0.279. The number of hydroxylamine groups is 2. The van der Waals surface area contributed by atoms with Gasteiger partial charge in [0, 0.05) is 23.0 Å². The number of fused-ring (bicyclic) bond motifs is 4. The van der Waals surface area contributed by atoms with Crippen LogP contribution in [0.2, 0.25) is 0 Å². The molecule has 0 unspecified atom stereocenters. The van der Waals surface area contributed by atoms with Crippen LogP contribution in [0.15, 0.2) is 24.3 Å². The molecular formula is C31H40IN3O10. The van der Waals surface area contributed by atoms with Gasteiger partial charge in [0.15, 0.2) is 6.04 Å². The maximum atomic E-state index is 14.8. The fraction of sp³-hybridized carbons (Fsp3) is 0.677. The zero-order chi connectivity index (χ0) is 32.1. The van der Waals surface area contributed by atoms with E-state index in [0.29, 0.717) is 19.4 Å². The number of carbonyl (C=O) groups is 4. The predicted octanol–water partition coefficient (Wildman–Crippen LogP) is 1.42. The molecule has 2 amide bonds. The van der Waals surface area contributed by atoms with Gasteiger partial charge in [-0.2, -0.15) is 5.06 Å². The van der Waals surface area contributed by atoms with Crippen molar-refractivity contribution in [3.8, 4) is 0 Å². The number of likely N-dealkylation sites (tertiary alicyclic amines) is 1. The van der Waals surface area contributed by atoms with Crippen LogP contribution >= 0.6 is 22.6 Å². The molecule has 2 N–H and O–H groups in total. The van der Waals surface area contributed by atoms with Gasteiger partial charge in [0.2, 0.25) is 11.8 Å². The second kappa shape index (κ2) is 12.7. The van der Waals surface area contributed by atoms with E-state index in [1.807, 2.05) is 24.3 Å². The molecule has 5 aliphatic rings. The molecule has 1 saturated carbocycles. The van der Waals surface area contributed by atoms with Crippen LogP contribution in [0.1, 0.15) is 58.4 Å². The number of aliphatic hydroxyl groups excluding tert-OH is 1. The molecular weight excluding hydrogens is 701 g/mol. The first kappa shape index (κ1) is 32.6. The van der Waals surface area contributed by atoms with Gasteiger partial charge in [-0.15, -0.1) is 0 Å². The molecule has 13 nitrogen and oxygen atoms in total. The van der Waals surface area contributed by atoms with Gasteiger partial charge in [-0.05, 0) is 74.3 Å². The molecule has 0 aromatic heterocycles. The Labute approximate surface area is 275 Å². The van der Waals surface area contributed by atoms with E-state index >= 15 is 0 Å². The molecule has 1 aliphatic carbocycles. The van der Waals surface area contributed by atoms with Gasteiger partial charge in [0.1, 0.15) is 48.3 Å². The van der Waals surface area contributed by atoms with Crippen LogP contribution in [-0.4, -0.2) is 107 Å². The Morgan fingerprint density at radius 3 is 2.69 bits per heavy atom. The number of esters is 2. The van der Waals surface area contributed by atoms with Crippen molar-refractivity contribution in [2.24, 2.45) is 5.41 Å². The van der Waals surface area contributed by atoms with Crippen LogP contribution in [0.25, 0.3) is 0 Å². The lowest BCUT2D eigenvalue weighted by molar-refractivity contribution is -0.204. The summed E-state index contributed by atoms with van der Waals surface area (Å²) in [5.41, 5.74) is -1.07. The zero-order valence-electron chi connectivity index (χ0n) is 25.6. The number of benzene rings is 1. The number of ether oxygens (including phenoxy) is 4. The number of hydrogen-bond acceptors (Lipinski definition) is 11. The first-order valence-electron chi connectivity index (χ1n) is 15.5. The minimum Gasteiger partial charge on any atom is -0.460 e. The lowest BCUT2D eigenvalue weighted by Crippen LogP contribution is -2.70. The second-order valence-corrected chi connectivity index (χ2v) is 14.5. The fourth-order valence-corrected chi connectivity index (χ4v) is 7.91. The molecule has 8 atom stereocenters. The van der Waals surface area contributed by atoms with Gasteiger partial charge >= 0.3 is 11.9 Å². The highest BCUT2D eigenvalue weighted by Gasteiger charge is 2.75. The Kier molecular flexibility index (Phi) is 9.17. The Balaban J connectivity index is 1.24. The maximum absolute atomic E-state index is 14.8. The standard InChI is InChI=1S/C31H40IN3O10/c1-30(2,3)44-22(37)11-10-18(15-36)33-27(38)20-9-6-12-34(20)29(40)31-13-21-23-24(42-16-41-23)26(31)45-35(25(31)28(39)43-21)14-17-7-4-5-8-19(17)32/h4-5,7-8,18,20-21,23-26,36H,6,9-16H2,1-3H3,(H,33,38)/t18-,20+,21+,23-,24-,25-,26+,31-/m0/s1. The number of aliphatic hydroxyl groups is 1. The number of amides is 2. The minimum atomic E-state index is -1.36. The molecule has 1 aromatic carbocycles. The van der Waals surface area contributed by atoms with Crippen LogP contribution in [0, 0.1) is 8.99 Å². The molecule has 4 saturated heterocycles. The molecule has 4 heterocycles. The van der Waals surface area contributed by atoms with Crippen LogP contribution in [0.4, 0.5) is 0 Å². The van der Waals surface area contributed by atoms with Crippen LogP contribution in [0.5, 0.6) is 0 Å². The van der Waals surface area contributed by atoms with Gasteiger partial charge in [-0.1, -0.05) is 18.2 Å². The average Bonchev–Trinajstić information content (AvgIpc) is 3.73. The Morgan fingerprint density at radius 1 is 1.20 bits per heavy atom. The van der Waals surface area contributed by atoms with E-state index < -0.39 is 71.4 Å². The van der Waals surface area contributed by atoms with Gasteiger partial charge < -0.3 is 34.3 Å². The van der Waals surface area contributed by atoms with Gasteiger partial charge in [-0.25, -0.2) is 0 Å².